The van der Waals surface area contributed by atoms with Gasteiger partial charge in [0.15, 0.2) is 11.5 Å². The van der Waals surface area contributed by atoms with Gasteiger partial charge in [0.1, 0.15) is 0 Å². The van der Waals surface area contributed by atoms with Crippen molar-refractivity contribution in [1.29, 1.82) is 0 Å². The molecule has 2 atom stereocenters. The molecule has 23 heavy (non-hydrogen) atoms. The number of benzene rings is 1. The molecule has 1 heterocycles. The number of nitrogens with zero attached hydrogens (tertiary/aromatic N) is 1. The largest absolute Gasteiger partial charge is 0.490 e. The van der Waals surface area contributed by atoms with Crippen molar-refractivity contribution in [3.05, 3.63) is 22.2 Å². The molecular weight excluding hydrogens is 358 g/mol. The number of likely N-dealkylation sites (tertiary alicyclic amines) is 1. The van der Waals surface area contributed by atoms with Gasteiger partial charge in [-0.05, 0) is 66.9 Å². The number of aliphatic hydroxyl groups excluding tert-OH is 1. The van der Waals surface area contributed by atoms with Gasteiger partial charge in [-0.15, -0.1) is 0 Å². The fraction of sp³-hybridized carbons (Fsp3) is 0.667. The van der Waals surface area contributed by atoms with Crippen LogP contribution in [0.25, 0.3) is 0 Å². The molecular formula is C18H28BrNO3. The number of halogens is 1. The number of piperidine rings is 1. The molecule has 1 aliphatic rings. The Morgan fingerprint density at radius 3 is 2.61 bits per heavy atom. The molecule has 1 aromatic carbocycles. The maximum atomic E-state index is 10.3. The van der Waals surface area contributed by atoms with E-state index in [-0.39, 0.29) is 12.0 Å². The monoisotopic (exact) mass is 385 g/mol. The number of hydrogen-bond acceptors (Lipinski definition) is 4. The van der Waals surface area contributed by atoms with Crippen LogP contribution < -0.4 is 9.47 Å². The SMILES string of the molecule is CCOc1cc(CC2CN(CC)CCC2O)cc(Br)c1OCC. The minimum absolute atomic E-state index is 0.223. The zero-order chi connectivity index (χ0) is 16.8. The number of aliphatic hydroxyl groups is 1. The molecule has 4 nitrogen and oxygen atoms in total. The number of hydrogen-bond donors (Lipinski definition) is 1. The fourth-order valence-electron chi connectivity index (χ4n) is 3.17. The second-order valence-corrected chi connectivity index (χ2v) is 6.84. The highest BCUT2D eigenvalue weighted by Crippen LogP contribution is 2.38. The molecule has 1 N–H and O–H groups in total. The van der Waals surface area contributed by atoms with E-state index in [0.29, 0.717) is 13.2 Å². The van der Waals surface area contributed by atoms with Crippen molar-refractivity contribution in [2.75, 3.05) is 32.8 Å². The molecule has 130 valence electrons. The van der Waals surface area contributed by atoms with Crippen LogP contribution in [-0.2, 0) is 6.42 Å². The fourth-order valence-corrected chi connectivity index (χ4v) is 3.78. The Morgan fingerprint density at radius 1 is 1.22 bits per heavy atom. The molecule has 1 saturated heterocycles. The van der Waals surface area contributed by atoms with Gasteiger partial charge in [-0.2, -0.15) is 0 Å². The van der Waals surface area contributed by atoms with E-state index in [9.17, 15) is 5.11 Å². The molecule has 1 fully saturated rings. The van der Waals surface area contributed by atoms with Crippen LogP contribution in [0.2, 0.25) is 0 Å². The van der Waals surface area contributed by atoms with Crippen LogP contribution in [0.15, 0.2) is 16.6 Å². The normalized spacial score (nSPS) is 22.1. The van der Waals surface area contributed by atoms with Crippen molar-refractivity contribution < 1.29 is 14.6 Å². The van der Waals surface area contributed by atoms with E-state index in [1.165, 1.54) is 5.56 Å². The van der Waals surface area contributed by atoms with Crippen molar-refractivity contribution in [3.8, 4) is 11.5 Å². The van der Waals surface area contributed by atoms with Gasteiger partial charge in [-0.25, -0.2) is 0 Å². The third-order valence-corrected chi connectivity index (χ3v) is 4.97. The summed E-state index contributed by atoms with van der Waals surface area (Å²) in [4.78, 5) is 2.41. The molecule has 0 bridgehead atoms. The molecule has 2 rings (SSSR count). The first kappa shape index (κ1) is 18.6. The first-order valence-electron chi connectivity index (χ1n) is 8.57. The van der Waals surface area contributed by atoms with Gasteiger partial charge in [0.2, 0.25) is 0 Å². The standard InChI is InChI=1S/C18H28BrNO3/c1-4-20-8-7-16(21)14(12-20)9-13-10-15(19)18(23-6-3)17(11-13)22-5-2/h10-11,14,16,21H,4-9,12H2,1-3H3. The molecule has 1 aliphatic heterocycles. The van der Waals surface area contributed by atoms with Crippen molar-refractivity contribution >= 4 is 15.9 Å². The molecule has 0 aromatic heterocycles. The first-order valence-corrected chi connectivity index (χ1v) is 9.36. The van der Waals surface area contributed by atoms with Crippen molar-refractivity contribution in [1.82, 2.24) is 4.90 Å². The van der Waals surface area contributed by atoms with E-state index >= 15 is 0 Å². The zero-order valence-electron chi connectivity index (χ0n) is 14.3. The van der Waals surface area contributed by atoms with Crippen LogP contribution >= 0.6 is 15.9 Å². The molecule has 2 unspecified atom stereocenters. The Hall–Kier alpha value is -0.780. The molecule has 5 heteroatoms. The lowest BCUT2D eigenvalue weighted by Gasteiger charge is -2.35. The van der Waals surface area contributed by atoms with Crippen molar-refractivity contribution in [3.63, 3.8) is 0 Å². The second kappa shape index (κ2) is 8.90. The van der Waals surface area contributed by atoms with E-state index in [1.54, 1.807) is 0 Å². The molecule has 0 saturated carbocycles. The van der Waals surface area contributed by atoms with Crippen LogP contribution in [0.3, 0.4) is 0 Å². The van der Waals surface area contributed by atoms with Gasteiger partial charge >= 0.3 is 0 Å². The summed E-state index contributed by atoms with van der Waals surface area (Å²) in [6.45, 7) is 10.3. The van der Waals surface area contributed by atoms with Crippen LogP contribution in [0.5, 0.6) is 11.5 Å². The Kier molecular flexibility index (Phi) is 7.18. The third-order valence-electron chi connectivity index (χ3n) is 4.38. The van der Waals surface area contributed by atoms with E-state index in [2.05, 4.69) is 39.9 Å². The molecule has 0 aliphatic carbocycles. The third kappa shape index (κ3) is 4.85. The predicted octanol–water partition coefficient (Wildman–Crippen LogP) is 3.49. The van der Waals surface area contributed by atoms with Gasteiger partial charge in [-0.1, -0.05) is 6.92 Å². The van der Waals surface area contributed by atoms with Crippen LogP contribution in [0.4, 0.5) is 0 Å². The van der Waals surface area contributed by atoms with Gasteiger partial charge in [0, 0.05) is 19.0 Å². The summed E-state index contributed by atoms with van der Waals surface area (Å²) in [5, 5.41) is 10.3. The maximum absolute atomic E-state index is 10.3. The minimum atomic E-state index is -0.223. The highest BCUT2D eigenvalue weighted by atomic mass is 79.9. The average molecular weight is 386 g/mol. The molecule has 0 radical (unpaired) electrons. The highest BCUT2D eigenvalue weighted by molar-refractivity contribution is 9.10. The van der Waals surface area contributed by atoms with Crippen LogP contribution in [0, 0.1) is 5.92 Å². The lowest BCUT2D eigenvalue weighted by atomic mass is 9.88. The summed E-state index contributed by atoms with van der Waals surface area (Å²) < 4.78 is 12.3. The summed E-state index contributed by atoms with van der Waals surface area (Å²) in [5.41, 5.74) is 1.17. The van der Waals surface area contributed by atoms with E-state index < -0.39 is 0 Å². The smallest absolute Gasteiger partial charge is 0.175 e. The number of rotatable bonds is 7. The highest BCUT2D eigenvalue weighted by Gasteiger charge is 2.27. The summed E-state index contributed by atoms with van der Waals surface area (Å²) >= 11 is 3.60. The average Bonchev–Trinajstić information content (AvgIpc) is 2.53. The predicted molar refractivity (Wildman–Crippen MR) is 96.4 cm³/mol. The van der Waals surface area contributed by atoms with Gasteiger partial charge < -0.3 is 19.5 Å². The van der Waals surface area contributed by atoms with Crippen molar-refractivity contribution in [2.24, 2.45) is 5.92 Å². The van der Waals surface area contributed by atoms with E-state index in [1.807, 2.05) is 13.8 Å². The Bertz CT molecular complexity index is 509. The Labute approximate surface area is 147 Å². The molecule has 0 amide bonds. The lowest BCUT2D eigenvalue weighted by molar-refractivity contribution is 0.0290. The maximum Gasteiger partial charge on any atom is 0.175 e. The van der Waals surface area contributed by atoms with Crippen LogP contribution in [0.1, 0.15) is 32.8 Å². The quantitative estimate of drug-likeness (QED) is 0.779. The summed E-state index contributed by atoms with van der Waals surface area (Å²) in [5.74, 6) is 1.80. The van der Waals surface area contributed by atoms with Gasteiger partial charge in [0.05, 0.1) is 23.8 Å². The summed E-state index contributed by atoms with van der Waals surface area (Å²) in [6.07, 6.45) is 1.48. The summed E-state index contributed by atoms with van der Waals surface area (Å²) in [7, 11) is 0. The Morgan fingerprint density at radius 2 is 1.96 bits per heavy atom. The van der Waals surface area contributed by atoms with Crippen molar-refractivity contribution in [2.45, 2.75) is 39.7 Å². The van der Waals surface area contributed by atoms with Gasteiger partial charge in [0.25, 0.3) is 0 Å². The minimum Gasteiger partial charge on any atom is -0.490 e. The van der Waals surface area contributed by atoms with E-state index in [0.717, 1.165) is 48.4 Å². The summed E-state index contributed by atoms with van der Waals surface area (Å²) in [6, 6.07) is 4.14. The van der Waals surface area contributed by atoms with Gasteiger partial charge in [-0.3, -0.25) is 0 Å². The van der Waals surface area contributed by atoms with E-state index in [4.69, 9.17) is 9.47 Å². The molecule has 0 spiro atoms. The molecule has 1 aromatic rings. The second-order valence-electron chi connectivity index (χ2n) is 5.98. The topological polar surface area (TPSA) is 41.9 Å². The Balaban J connectivity index is 2.18. The van der Waals surface area contributed by atoms with Crippen LogP contribution in [-0.4, -0.2) is 49.0 Å². The lowest BCUT2D eigenvalue weighted by Crippen LogP contribution is -2.43. The zero-order valence-corrected chi connectivity index (χ0v) is 15.9. The number of ether oxygens (including phenoxy) is 2. The first-order chi connectivity index (χ1) is 11.1.